The van der Waals surface area contributed by atoms with Crippen LogP contribution in [0.15, 0.2) is 30.3 Å². The Labute approximate surface area is 106 Å². The molecule has 1 N–H and O–H groups in total. The minimum Gasteiger partial charge on any atom is -0.285 e. The second-order valence-electron chi connectivity index (χ2n) is 4.41. The number of nitrogens with one attached hydrogen (secondary N) is 1. The van der Waals surface area contributed by atoms with Gasteiger partial charge in [-0.2, -0.15) is 0 Å². The number of hydrazine groups is 1. The number of carbonyl (C=O) groups is 1. The highest BCUT2D eigenvalue weighted by atomic mass is 19.1. The molecule has 1 aliphatic heterocycles. The molecule has 1 saturated heterocycles. The van der Waals surface area contributed by atoms with E-state index in [1.165, 1.54) is 24.6 Å². The summed E-state index contributed by atoms with van der Waals surface area (Å²) in [7, 11) is 0. The maximum Gasteiger partial charge on any atom is 0.258 e. The Morgan fingerprint density at radius 2 is 1.83 bits per heavy atom. The lowest BCUT2D eigenvalue weighted by molar-refractivity contribution is -0.121. The molecule has 0 aliphatic carbocycles. The van der Waals surface area contributed by atoms with Crippen LogP contribution in [0.4, 0.5) is 4.39 Å². The standard InChI is InChI=1S/C14H17FN2O/c15-13-7-4-12(5-8-13)6-9-14(18)16-17-10-2-1-3-11-17/h4-9H,1-3,10-11H2,(H,16,18)/b9-6+. The first-order valence-corrected chi connectivity index (χ1v) is 6.23. The topological polar surface area (TPSA) is 32.3 Å². The average Bonchev–Trinajstić information content (AvgIpc) is 2.39. The maximum absolute atomic E-state index is 12.7. The van der Waals surface area contributed by atoms with Crippen LogP contribution in [0.2, 0.25) is 0 Å². The van der Waals surface area contributed by atoms with Crippen molar-refractivity contribution >= 4 is 12.0 Å². The summed E-state index contributed by atoms with van der Waals surface area (Å²) < 4.78 is 12.7. The van der Waals surface area contributed by atoms with Crippen LogP contribution in [0, 0.1) is 5.82 Å². The Morgan fingerprint density at radius 1 is 1.17 bits per heavy atom. The summed E-state index contributed by atoms with van der Waals surface area (Å²) in [5.41, 5.74) is 3.64. The van der Waals surface area contributed by atoms with E-state index in [1.54, 1.807) is 18.2 Å². The largest absolute Gasteiger partial charge is 0.285 e. The van der Waals surface area contributed by atoms with E-state index < -0.39 is 0 Å². The Hall–Kier alpha value is -1.68. The first kappa shape index (κ1) is 12.8. The van der Waals surface area contributed by atoms with Crippen molar-refractivity contribution in [2.45, 2.75) is 19.3 Å². The number of nitrogens with zero attached hydrogens (tertiary/aromatic N) is 1. The zero-order chi connectivity index (χ0) is 12.8. The van der Waals surface area contributed by atoms with Gasteiger partial charge in [-0.15, -0.1) is 0 Å². The van der Waals surface area contributed by atoms with Gasteiger partial charge >= 0.3 is 0 Å². The van der Waals surface area contributed by atoms with Gasteiger partial charge in [0, 0.05) is 19.2 Å². The molecule has 4 heteroatoms. The summed E-state index contributed by atoms with van der Waals surface area (Å²) in [6.07, 6.45) is 6.64. The Bertz CT molecular complexity index is 422. The Balaban J connectivity index is 1.84. The van der Waals surface area contributed by atoms with Crippen molar-refractivity contribution in [2.75, 3.05) is 13.1 Å². The predicted molar refractivity (Wildman–Crippen MR) is 69.0 cm³/mol. The van der Waals surface area contributed by atoms with E-state index >= 15 is 0 Å². The maximum atomic E-state index is 12.7. The van der Waals surface area contributed by atoms with Crippen LogP contribution in [-0.2, 0) is 4.79 Å². The molecule has 1 fully saturated rings. The van der Waals surface area contributed by atoms with Gasteiger partial charge in [-0.25, -0.2) is 9.40 Å². The Morgan fingerprint density at radius 3 is 2.50 bits per heavy atom. The second kappa shape index (κ2) is 6.31. The molecule has 0 radical (unpaired) electrons. The van der Waals surface area contributed by atoms with Crippen LogP contribution < -0.4 is 5.43 Å². The van der Waals surface area contributed by atoms with Gasteiger partial charge < -0.3 is 0 Å². The highest BCUT2D eigenvalue weighted by Crippen LogP contribution is 2.06. The lowest BCUT2D eigenvalue weighted by Crippen LogP contribution is -2.44. The summed E-state index contributed by atoms with van der Waals surface area (Å²) in [6.45, 7) is 1.83. The summed E-state index contributed by atoms with van der Waals surface area (Å²) in [5, 5.41) is 1.95. The van der Waals surface area contributed by atoms with Crippen molar-refractivity contribution in [1.29, 1.82) is 0 Å². The van der Waals surface area contributed by atoms with E-state index in [0.717, 1.165) is 31.5 Å². The molecule has 1 aliphatic rings. The van der Waals surface area contributed by atoms with Crippen molar-refractivity contribution in [1.82, 2.24) is 10.4 Å². The molecule has 3 nitrogen and oxygen atoms in total. The van der Waals surface area contributed by atoms with Crippen LogP contribution in [0.25, 0.3) is 6.08 Å². The highest BCUT2D eigenvalue weighted by Gasteiger charge is 2.10. The summed E-state index contributed by atoms with van der Waals surface area (Å²) >= 11 is 0. The van der Waals surface area contributed by atoms with E-state index in [2.05, 4.69) is 5.43 Å². The minimum atomic E-state index is -0.273. The van der Waals surface area contributed by atoms with Crippen LogP contribution >= 0.6 is 0 Å². The quantitative estimate of drug-likeness (QED) is 0.833. The number of halogens is 1. The monoisotopic (exact) mass is 248 g/mol. The molecule has 0 aromatic heterocycles. The summed E-state index contributed by atoms with van der Waals surface area (Å²) in [5.74, 6) is -0.411. The van der Waals surface area contributed by atoms with Gasteiger partial charge in [0.2, 0.25) is 0 Å². The molecular formula is C14H17FN2O. The molecular weight excluding hydrogens is 231 g/mol. The third-order valence-electron chi connectivity index (χ3n) is 2.92. The molecule has 0 unspecified atom stereocenters. The van der Waals surface area contributed by atoms with Gasteiger partial charge in [-0.3, -0.25) is 10.2 Å². The summed E-state index contributed by atoms with van der Waals surface area (Å²) in [6, 6.07) is 6.03. The fraction of sp³-hybridized carbons (Fsp3) is 0.357. The van der Waals surface area contributed by atoms with Crippen molar-refractivity contribution in [3.8, 4) is 0 Å². The van der Waals surface area contributed by atoms with Crippen molar-refractivity contribution in [3.63, 3.8) is 0 Å². The van der Waals surface area contributed by atoms with E-state index in [1.807, 2.05) is 5.01 Å². The molecule has 18 heavy (non-hydrogen) atoms. The molecule has 0 saturated carbocycles. The van der Waals surface area contributed by atoms with Crippen LogP contribution in [-0.4, -0.2) is 24.0 Å². The van der Waals surface area contributed by atoms with Gasteiger partial charge in [0.1, 0.15) is 5.82 Å². The third kappa shape index (κ3) is 3.96. The van der Waals surface area contributed by atoms with E-state index in [-0.39, 0.29) is 11.7 Å². The van der Waals surface area contributed by atoms with Gasteiger partial charge in [-0.05, 0) is 36.6 Å². The molecule has 1 aromatic carbocycles. The molecule has 2 rings (SSSR count). The highest BCUT2D eigenvalue weighted by molar-refractivity contribution is 5.91. The van der Waals surface area contributed by atoms with E-state index in [4.69, 9.17) is 0 Å². The number of amides is 1. The van der Waals surface area contributed by atoms with E-state index in [9.17, 15) is 9.18 Å². The molecule has 0 bridgehead atoms. The summed E-state index contributed by atoms with van der Waals surface area (Å²) in [4.78, 5) is 11.6. The molecule has 1 amide bonds. The van der Waals surface area contributed by atoms with Crippen LogP contribution in [0.1, 0.15) is 24.8 Å². The molecule has 1 aromatic rings. The number of hydrogen-bond donors (Lipinski definition) is 1. The number of hydrogen-bond acceptors (Lipinski definition) is 2. The molecule has 1 heterocycles. The average molecular weight is 248 g/mol. The molecule has 0 atom stereocenters. The zero-order valence-corrected chi connectivity index (χ0v) is 10.2. The predicted octanol–water partition coefficient (Wildman–Crippen LogP) is 2.36. The van der Waals surface area contributed by atoms with Crippen molar-refractivity contribution in [2.24, 2.45) is 0 Å². The first-order valence-electron chi connectivity index (χ1n) is 6.23. The number of rotatable bonds is 3. The van der Waals surface area contributed by atoms with E-state index in [0.29, 0.717) is 0 Å². The number of piperidine rings is 1. The number of benzene rings is 1. The zero-order valence-electron chi connectivity index (χ0n) is 10.2. The third-order valence-corrected chi connectivity index (χ3v) is 2.92. The van der Waals surface area contributed by atoms with Gasteiger partial charge in [0.05, 0.1) is 0 Å². The van der Waals surface area contributed by atoms with Crippen LogP contribution in [0.5, 0.6) is 0 Å². The lowest BCUT2D eigenvalue weighted by Gasteiger charge is -2.26. The molecule has 96 valence electrons. The molecule has 0 spiro atoms. The smallest absolute Gasteiger partial charge is 0.258 e. The van der Waals surface area contributed by atoms with Gasteiger partial charge in [0.25, 0.3) is 5.91 Å². The number of carbonyl (C=O) groups excluding carboxylic acids is 1. The SMILES string of the molecule is O=C(/C=C/c1ccc(F)cc1)NN1CCCCC1. The van der Waals surface area contributed by atoms with Gasteiger partial charge in [-0.1, -0.05) is 18.6 Å². The van der Waals surface area contributed by atoms with Crippen LogP contribution in [0.3, 0.4) is 0 Å². The van der Waals surface area contributed by atoms with Crippen molar-refractivity contribution in [3.05, 3.63) is 41.7 Å². The minimum absolute atomic E-state index is 0.138. The van der Waals surface area contributed by atoms with Gasteiger partial charge in [0.15, 0.2) is 0 Å². The van der Waals surface area contributed by atoms with Crippen molar-refractivity contribution < 1.29 is 9.18 Å². The fourth-order valence-electron chi connectivity index (χ4n) is 1.94. The fourth-order valence-corrected chi connectivity index (χ4v) is 1.94. The lowest BCUT2D eigenvalue weighted by atomic mass is 10.2. The first-order chi connectivity index (χ1) is 8.74. The Kier molecular flexibility index (Phi) is 4.47. The normalized spacial score (nSPS) is 16.9. The second-order valence-corrected chi connectivity index (χ2v) is 4.41.